The fourth-order valence-corrected chi connectivity index (χ4v) is 6.44. The van der Waals surface area contributed by atoms with E-state index in [2.05, 4.69) is 26.3 Å². The van der Waals surface area contributed by atoms with Crippen molar-refractivity contribution in [1.82, 2.24) is 23.9 Å². The molecule has 1 unspecified atom stereocenters. The Hall–Kier alpha value is -3.05. The number of hydrogen-bond donors (Lipinski definition) is 2. The summed E-state index contributed by atoms with van der Waals surface area (Å²) < 4.78 is 29.6. The van der Waals surface area contributed by atoms with E-state index < -0.39 is 21.4 Å². The minimum Gasteiger partial charge on any atom is -0.381 e. The fraction of sp³-hybridized carbons (Fsp3) is 0.381. The summed E-state index contributed by atoms with van der Waals surface area (Å²) in [6.07, 6.45) is 9.04. The van der Waals surface area contributed by atoms with Crippen molar-refractivity contribution in [2.75, 3.05) is 24.1 Å². The molecule has 3 aromatic rings. The zero-order valence-corrected chi connectivity index (χ0v) is 18.2. The second-order valence-corrected chi connectivity index (χ2v) is 10.9. The summed E-state index contributed by atoms with van der Waals surface area (Å²) in [5.41, 5.74) is 7.71. The Morgan fingerprint density at radius 3 is 2.72 bits per heavy atom. The molecular formula is C21H24FN7O2S. The van der Waals surface area contributed by atoms with Gasteiger partial charge in [-0.2, -0.15) is 0 Å². The molecule has 168 valence electrons. The highest BCUT2D eigenvalue weighted by atomic mass is 32.2. The Labute approximate surface area is 185 Å². The predicted octanol–water partition coefficient (Wildman–Crippen LogP) is 2.07. The third-order valence-electron chi connectivity index (χ3n) is 6.17. The normalized spacial score (nSPS) is 19.7. The van der Waals surface area contributed by atoms with Crippen molar-refractivity contribution in [1.29, 1.82) is 0 Å². The molecule has 0 spiro atoms. The van der Waals surface area contributed by atoms with Crippen molar-refractivity contribution < 1.29 is 13.4 Å². The number of fused-ring (bicyclic) bond motifs is 1. The highest BCUT2D eigenvalue weighted by molar-refractivity contribution is 7.99. The lowest BCUT2D eigenvalue weighted by atomic mass is 9.90. The molecule has 2 fully saturated rings. The van der Waals surface area contributed by atoms with Gasteiger partial charge >= 0.3 is 0 Å². The maximum Gasteiger partial charge on any atom is 0.263 e. The Balaban J connectivity index is 1.36. The second-order valence-electron chi connectivity index (χ2n) is 8.31. The van der Waals surface area contributed by atoms with Crippen molar-refractivity contribution in [3.8, 4) is 0 Å². The molecule has 0 bridgehead atoms. The average molecular weight is 458 g/mol. The van der Waals surface area contributed by atoms with Gasteiger partial charge in [0, 0.05) is 34.2 Å². The zero-order chi connectivity index (χ0) is 22.5. The summed E-state index contributed by atoms with van der Waals surface area (Å²) in [6.45, 7) is 1.41. The Kier molecular flexibility index (Phi) is 5.09. The van der Waals surface area contributed by atoms with Crippen LogP contribution in [0, 0.1) is 5.82 Å². The van der Waals surface area contributed by atoms with Crippen molar-refractivity contribution in [3.63, 3.8) is 0 Å². The minimum atomic E-state index is -2.19. The first-order valence-corrected chi connectivity index (χ1v) is 12.2. The molecule has 4 heterocycles. The number of halogens is 1. The SMILES string of the molecule is C=S(=O)(C1CC1)N1CCC(c2ccncc2NC(=O)c2c(N)nn3cc(F)cnc23)CC1. The predicted molar refractivity (Wildman–Crippen MR) is 121 cm³/mol. The van der Waals surface area contributed by atoms with Gasteiger partial charge in [-0.15, -0.1) is 5.10 Å². The molecular weight excluding hydrogens is 433 g/mol. The van der Waals surface area contributed by atoms with Gasteiger partial charge in [-0.1, -0.05) is 0 Å². The van der Waals surface area contributed by atoms with E-state index in [1.807, 2.05) is 10.4 Å². The average Bonchev–Trinajstić information content (AvgIpc) is 3.58. The molecule has 0 aromatic carbocycles. The van der Waals surface area contributed by atoms with Crippen LogP contribution in [0.3, 0.4) is 0 Å². The minimum absolute atomic E-state index is 0.0374. The number of pyridine rings is 1. The van der Waals surface area contributed by atoms with Crippen LogP contribution in [0.1, 0.15) is 47.5 Å². The number of aromatic nitrogens is 4. The smallest absolute Gasteiger partial charge is 0.263 e. The Morgan fingerprint density at radius 2 is 2.00 bits per heavy atom. The lowest BCUT2D eigenvalue weighted by Crippen LogP contribution is -2.39. The number of carbonyl (C=O) groups is 1. The fourth-order valence-electron chi connectivity index (χ4n) is 4.32. The van der Waals surface area contributed by atoms with E-state index in [9.17, 15) is 13.4 Å². The number of nitrogen functional groups attached to an aromatic ring is 1. The van der Waals surface area contributed by atoms with Gasteiger partial charge in [0.2, 0.25) is 0 Å². The molecule has 1 aliphatic carbocycles. The van der Waals surface area contributed by atoms with Gasteiger partial charge in [-0.05, 0) is 49.1 Å². The number of rotatable bonds is 5. The lowest BCUT2D eigenvalue weighted by molar-refractivity contribution is 0.102. The lowest BCUT2D eigenvalue weighted by Gasteiger charge is -2.34. The molecule has 0 radical (unpaired) electrons. The highest BCUT2D eigenvalue weighted by Gasteiger charge is 2.37. The number of hydrogen-bond acceptors (Lipinski definition) is 6. The van der Waals surface area contributed by atoms with Crippen molar-refractivity contribution in [3.05, 3.63) is 47.8 Å². The van der Waals surface area contributed by atoms with Gasteiger partial charge in [0.15, 0.2) is 17.3 Å². The summed E-state index contributed by atoms with van der Waals surface area (Å²) in [5.74, 6) is 3.09. The summed E-state index contributed by atoms with van der Waals surface area (Å²) in [4.78, 5) is 21.2. The quantitative estimate of drug-likeness (QED) is 0.566. The zero-order valence-electron chi connectivity index (χ0n) is 17.4. The number of anilines is 2. The van der Waals surface area contributed by atoms with Crippen molar-refractivity contribution >= 4 is 38.6 Å². The van der Waals surface area contributed by atoms with Crippen LogP contribution in [0.2, 0.25) is 0 Å². The van der Waals surface area contributed by atoms with Crippen LogP contribution in [0.25, 0.3) is 5.65 Å². The summed E-state index contributed by atoms with van der Waals surface area (Å²) in [5, 5.41) is 7.08. The molecule has 32 heavy (non-hydrogen) atoms. The van der Waals surface area contributed by atoms with Crippen LogP contribution in [0.5, 0.6) is 0 Å². The van der Waals surface area contributed by atoms with Crippen molar-refractivity contribution in [2.24, 2.45) is 0 Å². The molecule has 11 heteroatoms. The van der Waals surface area contributed by atoms with Crippen LogP contribution in [-0.4, -0.2) is 58.2 Å². The monoisotopic (exact) mass is 457 g/mol. The molecule has 5 rings (SSSR count). The first-order valence-electron chi connectivity index (χ1n) is 10.5. The van der Waals surface area contributed by atoms with Crippen LogP contribution in [0.4, 0.5) is 15.9 Å². The molecule has 3 aromatic heterocycles. The maximum absolute atomic E-state index is 13.4. The summed E-state index contributed by atoms with van der Waals surface area (Å²) in [7, 11) is -2.19. The first kappa shape index (κ1) is 20.8. The van der Waals surface area contributed by atoms with Crippen molar-refractivity contribution in [2.45, 2.75) is 36.9 Å². The standard InChI is InChI=1S/C21H24FN7O2S/c1-32(31,15-2-3-15)28-8-5-13(6-9-28)16-4-7-24-11-17(16)26-21(30)18-19(23)27-29-12-14(22)10-25-20(18)29/h4,7,10-13,15H,1-3,5-6,8-9H2,(H2,23,27)(H,26,30). The third kappa shape index (κ3) is 3.71. The summed E-state index contributed by atoms with van der Waals surface area (Å²) >= 11 is 0. The summed E-state index contributed by atoms with van der Waals surface area (Å²) in [6, 6.07) is 1.89. The van der Waals surface area contributed by atoms with E-state index >= 15 is 0 Å². The van der Waals surface area contributed by atoms with E-state index in [1.165, 1.54) is 0 Å². The Bertz CT molecular complexity index is 1290. The van der Waals surface area contributed by atoms with Gasteiger partial charge in [0.1, 0.15) is 5.56 Å². The number of carbonyl (C=O) groups excluding carboxylic acids is 1. The van der Waals surface area contributed by atoms with Crippen LogP contribution in [0.15, 0.2) is 30.9 Å². The molecule has 2 aliphatic rings. The van der Waals surface area contributed by atoms with Crippen LogP contribution < -0.4 is 11.1 Å². The molecule has 1 saturated carbocycles. The molecule has 1 amide bonds. The first-order chi connectivity index (χ1) is 15.3. The van der Waals surface area contributed by atoms with Crippen LogP contribution in [-0.2, 0) is 9.71 Å². The third-order valence-corrected chi connectivity index (χ3v) is 8.93. The van der Waals surface area contributed by atoms with E-state index in [0.29, 0.717) is 18.8 Å². The number of nitrogens with two attached hydrogens (primary N) is 1. The van der Waals surface area contributed by atoms with E-state index in [1.54, 1.807) is 12.4 Å². The van der Waals surface area contributed by atoms with Gasteiger partial charge < -0.3 is 11.1 Å². The molecule has 3 N–H and O–H groups in total. The van der Waals surface area contributed by atoms with E-state index in [4.69, 9.17) is 5.73 Å². The molecule has 1 saturated heterocycles. The largest absolute Gasteiger partial charge is 0.381 e. The van der Waals surface area contributed by atoms with E-state index in [0.717, 1.165) is 48.2 Å². The molecule has 1 atom stereocenters. The molecule has 1 aliphatic heterocycles. The number of piperidine rings is 1. The molecule has 9 nitrogen and oxygen atoms in total. The number of amides is 1. The topological polar surface area (TPSA) is 119 Å². The van der Waals surface area contributed by atoms with Gasteiger partial charge in [0.05, 0.1) is 24.3 Å². The van der Waals surface area contributed by atoms with Gasteiger partial charge in [-0.3, -0.25) is 14.0 Å². The number of nitrogens with one attached hydrogen (secondary N) is 1. The van der Waals surface area contributed by atoms with E-state index in [-0.39, 0.29) is 28.2 Å². The second kappa shape index (κ2) is 7.82. The Morgan fingerprint density at radius 1 is 1.25 bits per heavy atom. The maximum atomic E-state index is 13.4. The van der Waals surface area contributed by atoms with Gasteiger partial charge in [-0.25, -0.2) is 18.2 Å². The van der Waals surface area contributed by atoms with Gasteiger partial charge in [0.25, 0.3) is 5.91 Å². The van der Waals surface area contributed by atoms with Crippen LogP contribution >= 0.6 is 0 Å². The highest BCUT2D eigenvalue weighted by Crippen LogP contribution is 2.37. The number of nitrogens with zero attached hydrogens (tertiary/aromatic N) is 5.